The summed E-state index contributed by atoms with van der Waals surface area (Å²) in [5.41, 5.74) is 2.34. The molecule has 2 aliphatic rings. The topological polar surface area (TPSA) is 66.9 Å². The number of aryl methyl sites for hydroxylation is 2. The molecular formula is C19H24N4O. The second-order valence-electron chi connectivity index (χ2n) is 7.73. The zero-order valence-corrected chi connectivity index (χ0v) is 14.7. The number of carbonyl (C=O) groups is 1. The Morgan fingerprint density at radius 1 is 1.25 bits per heavy atom. The van der Waals surface area contributed by atoms with Crippen molar-refractivity contribution in [3.05, 3.63) is 35.4 Å². The van der Waals surface area contributed by atoms with Gasteiger partial charge in [-0.25, -0.2) is 0 Å². The van der Waals surface area contributed by atoms with Crippen molar-refractivity contribution in [2.45, 2.75) is 33.2 Å². The molecule has 2 aromatic rings. The number of nitrogens with one attached hydrogen (secondary N) is 2. The molecule has 0 radical (unpaired) electrons. The second-order valence-corrected chi connectivity index (χ2v) is 7.73. The fourth-order valence-corrected chi connectivity index (χ4v) is 4.18. The van der Waals surface area contributed by atoms with Crippen molar-refractivity contribution < 1.29 is 4.79 Å². The van der Waals surface area contributed by atoms with Crippen LogP contribution in [0.5, 0.6) is 0 Å². The minimum absolute atomic E-state index is 0.165. The summed E-state index contributed by atoms with van der Waals surface area (Å²) in [6.45, 7) is 10.0. The van der Waals surface area contributed by atoms with Crippen LogP contribution < -0.4 is 10.6 Å². The number of pyridine rings is 2. The van der Waals surface area contributed by atoms with Crippen LogP contribution in [0, 0.1) is 31.6 Å². The molecule has 1 amide bonds. The van der Waals surface area contributed by atoms with Gasteiger partial charge in [-0.2, -0.15) is 0 Å². The fourth-order valence-electron chi connectivity index (χ4n) is 4.18. The molecule has 3 heterocycles. The van der Waals surface area contributed by atoms with Crippen molar-refractivity contribution in [3.8, 4) is 0 Å². The molecule has 2 unspecified atom stereocenters. The molecule has 2 fully saturated rings. The third-order valence-corrected chi connectivity index (χ3v) is 5.51. The smallest absolute Gasteiger partial charge is 0.224 e. The quantitative estimate of drug-likeness (QED) is 0.907. The van der Waals surface area contributed by atoms with E-state index in [9.17, 15) is 4.79 Å². The van der Waals surface area contributed by atoms with Crippen molar-refractivity contribution in [2.24, 2.45) is 17.8 Å². The molecule has 1 saturated carbocycles. The maximum Gasteiger partial charge on any atom is 0.224 e. The molecule has 3 atom stereocenters. The van der Waals surface area contributed by atoms with Gasteiger partial charge in [-0.15, -0.1) is 0 Å². The van der Waals surface area contributed by atoms with E-state index in [1.165, 1.54) is 0 Å². The lowest BCUT2D eigenvalue weighted by Crippen LogP contribution is -2.43. The zero-order chi connectivity index (χ0) is 17.1. The lowest BCUT2D eigenvalue weighted by atomic mass is 9.93. The minimum Gasteiger partial charge on any atom is -0.345 e. The number of fused-ring (bicyclic) bond motifs is 2. The van der Waals surface area contributed by atoms with Crippen molar-refractivity contribution in [1.29, 1.82) is 0 Å². The Kier molecular flexibility index (Phi) is 3.39. The highest BCUT2D eigenvalue weighted by molar-refractivity contribution is 5.89. The molecule has 2 N–H and O–H groups in total. The molecule has 4 rings (SSSR count). The van der Waals surface area contributed by atoms with Gasteiger partial charge in [-0.3, -0.25) is 14.8 Å². The molecule has 126 valence electrons. The third kappa shape index (κ3) is 2.38. The molecule has 0 bridgehead atoms. The first-order chi connectivity index (χ1) is 11.4. The van der Waals surface area contributed by atoms with Crippen LogP contribution in [-0.4, -0.2) is 29.0 Å². The van der Waals surface area contributed by atoms with Gasteiger partial charge in [-0.05, 0) is 64.8 Å². The molecule has 1 saturated heterocycles. The first kappa shape index (κ1) is 15.5. The summed E-state index contributed by atoms with van der Waals surface area (Å²) in [6, 6.07) is 4.06. The highest BCUT2D eigenvalue weighted by Gasteiger charge is 2.57. The van der Waals surface area contributed by atoms with Crippen LogP contribution in [0.3, 0.4) is 0 Å². The van der Waals surface area contributed by atoms with Gasteiger partial charge in [0.05, 0.1) is 11.2 Å². The first-order valence-corrected chi connectivity index (χ1v) is 8.64. The minimum atomic E-state index is -0.514. The highest BCUT2D eigenvalue weighted by Crippen LogP contribution is 2.49. The van der Waals surface area contributed by atoms with Crippen LogP contribution in [0.1, 0.15) is 30.9 Å². The number of piperidine rings is 1. The Bertz CT molecular complexity index is 819. The normalized spacial score (nSPS) is 25.6. The van der Waals surface area contributed by atoms with E-state index in [2.05, 4.69) is 21.7 Å². The summed E-state index contributed by atoms with van der Waals surface area (Å²) in [5, 5.41) is 8.76. The molecule has 1 aliphatic heterocycles. The predicted molar refractivity (Wildman–Crippen MR) is 93.5 cm³/mol. The molecule has 24 heavy (non-hydrogen) atoms. The van der Waals surface area contributed by atoms with E-state index < -0.39 is 5.54 Å². The summed E-state index contributed by atoms with van der Waals surface area (Å²) >= 11 is 0. The zero-order valence-electron chi connectivity index (χ0n) is 14.7. The third-order valence-electron chi connectivity index (χ3n) is 5.51. The van der Waals surface area contributed by atoms with Crippen molar-refractivity contribution in [2.75, 3.05) is 13.1 Å². The van der Waals surface area contributed by atoms with Gasteiger partial charge in [0, 0.05) is 34.3 Å². The number of carbonyl (C=O) groups excluding carboxylic acids is 1. The lowest BCUT2D eigenvalue weighted by molar-refractivity contribution is -0.124. The monoisotopic (exact) mass is 324 g/mol. The molecule has 1 aliphatic carbocycles. The van der Waals surface area contributed by atoms with Crippen molar-refractivity contribution in [1.82, 2.24) is 20.6 Å². The van der Waals surface area contributed by atoms with E-state index in [1.54, 1.807) is 0 Å². The van der Waals surface area contributed by atoms with Gasteiger partial charge < -0.3 is 10.6 Å². The molecule has 5 heteroatoms. The Balaban J connectivity index is 1.68. The maximum atomic E-state index is 12.7. The fraction of sp³-hybridized carbons (Fsp3) is 0.526. The van der Waals surface area contributed by atoms with Crippen molar-refractivity contribution in [3.63, 3.8) is 0 Å². The standard InChI is InChI=1S/C19H24N4O/c1-10-7-13-11(2)21-6-5-12(13)17(22-10)19(3,4)23-18(24)16-14-8-20-9-15(14)16/h5-7,14-16,20H,8-9H2,1-4H3,(H,23,24)/t14-,15?,16?/m1/s1. The van der Waals surface area contributed by atoms with Crippen LogP contribution in [-0.2, 0) is 10.3 Å². The van der Waals surface area contributed by atoms with Gasteiger partial charge in [0.1, 0.15) is 0 Å². The molecule has 5 nitrogen and oxygen atoms in total. The molecule has 0 aromatic carbocycles. The SMILES string of the molecule is Cc1cc2c(C)nccc2c(C(C)(C)NC(=O)C2C3CNC[C@H]32)n1. The van der Waals surface area contributed by atoms with Crippen LogP contribution in [0.25, 0.3) is 10.8 Å². The number of aromatic nitrogens is 2. The predicted octanol–water partition coefficient (Wildman–Crippen LogP) is 2.06. The van der Waals surface area contributed by atoms with E-state index in [4.69, 9.17) is 4.98 Å². The number of hydrogen-bond acceptors (Lipinski definition) is 4. The number of amides is 1. The van der Waals surface area contributed by atoms with Gasteiger partial charge in [0.2, 0.25) is 5.91 Å². The van der Waals surface area contributed by atoms with Gasteiger partial charge in [0.15, 0.2) is 0 Å². The summed E-state index contributed by atoms with van der Waals surface area (Å²) in [7, 11) is 0. The van der Waals surface area contributed by atoms with E-state index in [0.717, 1.165) is 40.9 Å². The van der Waals surface area contributed by atoms with E-state index in [0.29, 0.717) is 11.8 Å². The largest absolute Gasteiger partial charge is 0.345 e. The molecule has 0 spiro atoms. The van der Waals surface area contributed by atoms with E-state index in [-0.39, 0.29) is 11.8 Å². The van der Waals surface area contributed by atoms with Gasteiger partial charge in [0.25, 0.3) is 0 Å². The number of nitrogens with zero attached hydrogens (tertiary/aromatic N) is 2. The van der Waals surface area contributed by atoms with Gasteiger partial charge in [-0.1, -0.05) is 0 Å². The Morgan fingerprint density at radius 3 is 2.67 bits per heavy atom. The highest BCUT2D eigenvalue weighted by atomic mass is 16.2. The molecular weight excluding hydrogens is 300 g/mol. The van der Waals surface area contributed by atoms with Crippen LogP contribution >= 0.6 is 0 Å². The van der Waals surface area contributed by atoms with E-state index in [1.807, 2.05) is 40.0 Å². The maximum absolute atomic E-state index is 12.7. The van der Waals surface area contributed by atoms with E-state index >= 15 is 0 Å². The van der Waals surface area contributed by atoms with Gasteiger partial charge >= 0.3 is 0 Å². The summed E-state index contributed by atoms with van der Waals surface area (Å²) in [4.78, 5) is 21.9. The first-order valence-electron chi connectivity index (χ1n) is 8.64. The average Bonchev–Trinajstić information content (AvgIpc) is 3.01. The van der Waals surface area contributed by atoms with Crippen LogP contribution in [0.2, 0.25) is 0 Å². The summed E-state index contributed by atoms with van der Waals surface area (Å²) in [6.07, 6.45) is 1.81. The Labute approximate surface area is 142 Å². The van der Waals surface area contributed by atoms with Crippen LogP contribution in [0.15, 0.2) is 18.3 Å². The number of hydrogen-bond donors (Lipinski definition) is 2. The average molecular weight is 324 g/mol. The Hall–Kier alpha value is -2.01. The summed E-state index contributed by atoms with van der Waals surface area (Å²) in [5.74, 6) is 1.38. The lowest BCUT2D eigenvalue weighted by Gasteiger charge is -2.28. The second kappa shape index (κ2) is 5.24. The summed E-state index contributed by atoms with van der Waals surface area (Å²) < 4.78 is 0. The number of rotatable bonds is 3. The van der Waals surface area contributed by atoms with Crippen LogP contribution in [0.4, 0.5) is 0 Å². The van der Waals surface area contributed by atoms with Crippen molar-refractivity contribution >= 4 is 16.7 Å². The Morgan fingerprint density at radius 2 is 1.96 bits per heavy atom. The molecule has 2 aromatic heterocycles.